The number of aliphatic hydroxyl groups is 1. The van der Waals surface area contributed by atoms with Gasteiger partial charge in [-0.25, -0.2) is 4.52 Å². The Kier molecular flexibility index (Phi) is 5.89. The molecule has 2 aliphatic rings. The molecule has 0 radical (unpaired) electrons. The third-order valence-electron chi connectivity index (χ3n) is 5.92. The number of aromatic nitrogens is 2. The van der Waals surface area contributed by atoms with Gasteiger partial charge in [0.15, 0.2) is 5.69 Å². The number of hydrogen-bond donors (Lipinski definition) is 1. The van der Waals surface area contributed by atoms with Crippen LogP contribution in [0.4, 0.5) is 13.2 Å². The van der Waals surface area contributed by atoms with E-state index in [-0.39, 0.29) is 48.1 Å². The molecule has 0 bridgehead atoms. The summed E-state index contributed by atoms with van der Waals surface area (Å²) in [5.74, 6) is -1.31. The highest BCUT2D eigenvalue weighted by atomic mass is 35.5. The number of rotatable bonds is 5. The van der Waals surface area contributed by atoms with Crippen molar-refractivity contribution >= 4 is 35.3 Å². The van der Waals surface area contributed by atoms with Gasteiger partial charge in [0.05, 0.1) is 10.5 Å². The van der Waals surface area contributed by atoms with E-state index in [0.29, 0.717) is 16.5 Å². The second kappa shape index (κ2) is 8.36. The quantitative estimate of drug-likeness (QED) is 0.674. The van der Waals surface area contributed by atoms with E-state index in [9.17, 15) is 27.6 Å². The van der Waals surface area contributed by atoms with Crippen molar-refractivity contribution in [1.82, 2.24) is 19.4 Å². The molecule has 0 unspecified atom stereocenters. The first-order chi connectivity index (χ1) is 15.2. The lowest BCUT2D eigenvalue weighted by Crippen LogP contribution is -2.49. The molecule has 12 heteroatoms. The minimum atomic E-state index is -4.67. The molecule has 0 atom stereocenters. The number of pyridine rings is 1. The number of hydrogen-bond acceptors (Lipinski definition) is 5. The van der Waals surface area contributed by atoms with Gasteiger partial charge in [-0.15, -0.1) is 0 Å². The number of carbonyl (C=O) groups is 3. The molecule has 1 saturated heterocycles. The largest absolute Gasteiger partial charge is 0.433 e. The summed E-state index contributed by atoms with van der Waals surface area (Å²) < 4.78 is 41.6. The van der Waals surface area contributed by atoms with E-state index in [4.69, 9.17) is 16.7 Å². The van der Waals surface area contributed by atoms with Crippen molar-refractivity contribution in [3.8, 4) is 0 Å². The number of carbonyl (C=O) groups excluding carboxylic acids is 3. The van der Waals surface area contributed by atoms with Gasteiger partial charge in [-0.2, -0.15) is 18.3 Å². The summed E-state index contributed by atoms with van der Waals surface area (Å²) in [6.45, 7) is -0.508. The minimum absolute atomic E-state index is 0.0299. The lowest BCUT2D eigenvalue weighted by Gasteiger charge is -2.35. The van der Waals surface area contributed by atoms with Crippen molar-refractivity contribution in [2.45, 2.75) is 43.8 Å². The molecule has 2 aromatic rings. The first kappa shape index (κ1) is 22.5. The van der Waals surface area contributed by atoms with Crippen LogP contribution in [0.25, 0.3) is 5.52 Å². The number of likely N-dealkylation sites (tertiary alicyclic amines) is 1. The van der Waals surface area contributed by atoms with Gasteiger partial charge < -0.3 is 10.0 Å². The van der Waals surface area contributed by atoms with Crippen LogP contribution in [0.2, 0.25) is 5.02 Å². The monoisotopic (exact) mass is 472 g/mol. The molecule has 1 aliphatic heterocycles. The number of alkyl halides is 3. The maximum absolute atomic E-state index is 13.6. The van der Waals surface area contributed by atoms with Gasteiger partial charge >= 0.3 is 6.18 Å². The summed E-state index contributed by atoms with van der Waals surface area (Å²) in [5, 5.41) is 12.7. The van der Waals surface area contributed by atoms with Crippen LogP contribution in [0, 0.1) is 0 Å². The molecule has 1 saturated carbocycles. The van der Waals surface area contributed by atoms with E-state index >= 15 is 0 Å². The molecule has 4 rings (SSSR count). The van der Waals surface area contributed by atoms with Crippen molar-refractivity contribution in [2.75, 3.05) is 19.7 Å². The first-order valence-electron chi connectivity index (χ1n) is 10.1. The number of piperidine rings is 1. The van der Waals surface area contributed by atoms with Gasteiger partial charge in [0.2, 0.25) is 6.41 Å². The summed E-state index contributed by atoms with van der Waals surface area (Å²) in [7, 11) is 0. The molecule has 0 spiro atoms. The Morgan fingerprint density at radius 2 is 1.88 bits per heavy atom. The third kappa shape index (κ3) is 4.06. The SMILES string of the molecule is O=CN(C(=O)CO)C1CCN(C(=O)c2nn3c(C(F)(F)F)cc(C4CC4)cc3c2Cl)CC1. The summed E-state index contributed by atoms with van der Waals surface area (Å²) in [6, 6.07) is 2.12. The molecule has 8 nitrogen and oxygen atoms in total. The van der Waals surface area contributed by atoms with Crippen LogP contribution in [0.5, 0.6) is 0 Å². The van der Waals surface area contributed by atoms with Crippen molar-refractivity contribution < 1.29 is 32.7 Å². The van der Waals surface area contributed by atoms with Gasteiger partial charge in [-0.1, -0.05) is 11.6 Å². The van der Waals surface area contributed by atoms with Gasteiger partial charge in [0, 0.05) is 19.1 Å². The maximum atomic E-state index is 13.6. The summed E-state index contributed by atoms with van der Waals surface area (Å²) in [5.41, 5.74) is -0.709. The lowest BCUT2D eigenvalue weighted by atomic mass is 10.0. The van der Waals surface area contributed by atoms with Crippen LogP contribution < -0.4 is 0 Å². The predicted octanol–water partition coefficient (Wildman–Crippen LogP) is 2.47. The highest BCUT2D eigenvalue weighted by Gasteiger charge is 2.38. The maximum Gasteiger partial charge on any atom is 0.433 e. The predicted molar refractivity (Wildman–Crippen MR) is 106 cm³/mol. The molecule has 1 aliphatic carbocycles. The van der Waals surface area contributed by atoms with Gasteiger partial charge in [-0.3, -0.25) is 19.3 Å². The van der Waals surface area contributed by atoms with E-state index in [0.717, 1.165) is 23.8 Å². The molecule has 2 aromatic heterocycles. The number of nitrogens with zero attached hydrogens (tertiary/aromatic N) is 4. The summed E-state index contributed by atoms with van der Waals surface area (Å²) >= 11 is 6.33. The van der Waals surface area contributed by atoms with Gasteiger partial charge in [0.25, 0.3) is 11.8 Å². The fourth-order valence-electron chi connectivity index (χ4n) is 4.06. The molecule has 32 heavy (non-hydrogen) atoms. The van der Waals surface area contributed by atoms with Crippen LogP contribution >= 0.6 is 11.6 Å². The first-order valence-corrected chi connectivity index (χ1v) is 10.5. The topological polar surface area (TPSA) is 95.2 Å². The van der Waals surface area contributed by atoms with Gasteiger partial charge in [-0.05, 0) is 49.3 Å². The fraction of sp³-hybridized carbons (Fsp3) is 0.500. The molecule has 3 amide bonds. The number of imide groups is 1. The molecule has 172 valence electrons. The lowest BCUT2D eigenvalue weighted by molar-refractivity contribution is -0.144. The standard InChI is InChI=1S/C20H20ClF3N4O4/c21-17-14-7-12(11-1-2-11)8-15(20(22,23)24)28(14)25-18(17)19(32)26-5-3-13(4-6-26)27(10-30)16(31)9-29/h7-8,10-11,13,29H,1-6,9H2. The van der Waals surface area contributed by atoms with Crippen LogP contribution in [0.1, 0.15) is 53.3 Å². The Morgan fingerprint density at radius 1 is 1.22 bits per heavy atom. The zero-order valence-electron chi connectivity index (χ0n) is 16.8. The fourth-order valence-corrected chi connectivity index (χ4v) is 4.31. The van der Waals surface area contributed by atoms with E-state index < -0.39 is 36.3 Å². The number of halogens is 4. The molecule has 3 heterocycles. The number of aliphatic hydroxyl groups excluding tert-OH is 1. The van der Waals surface area contributed by atoms with Crippen molar-refractivity contribution in [2.24, 2.45) is 0 Å². The Bertz CT molecular complexity index is 1070. The number of amides is 3. The zero-order valence-corrected chi connectivity index (χ0v) is 17.6. The molecule has 2 fully saturated rings. The van der Waals surface area contributed by atoms with E-state index in [1.54, 1.807) is 6.07 Å². The average molecular weight is 473 g/mol. The summed E-state index contributed by atoms with van der Waals surface area (Å²) in [4.78, 5) is 38.1. The van der Waals surface area contributed by atoms with Crippen LogP contribution in [-0.4, -0.2) is 68.5 Å². The second-order valence-corrected chi connectivity index (χ2v) is 8.37. The highest BCUT2D eigenvalue weighted by Crippen LogP contribution is 2.43. The third-order valence-corrected chi connectivity index (χ3v) is 6.29. The summed E-state index contributed by atoms with van der Waals surface area (Å²) in [6.07, 6.45) is -2.20. The van der Waals surface area contributed by atoms with E-state index in [1.165, 1.54) is 4.90 Å². The smallest absolute Gasteiger partial charge is 0.387 e. The van der Waals surface area contributed by atoms with Crippen LogP contribution in [0.3, 0.4) is 0 Å². The van der Waals surface area contributed by atoms with Crippen molar-refractivity contribution in [3.05, 3.63) is 34.1 Å². The van der Waals surface area contributed by atoms with Crippen molar-refractivity contribution in [3.63, 3.8) is 0 Å². The Labute approximate surface area is 185 Å². The van der Waals surface area contributed by atoms with Crippen LogP contribution in [0.15, 0.2) is 12.1 Å². The van der Waals surface area contributed by atoms with Gasteiger partial charge in [0.1, 0.15) is 12.3 Å². The molecular weight excluding hydrogens is 453 g/mol. The Balaban J connectivity index is 1.60. The Hall–Kier alpha value is -2.66. The normalized spacial score (nSPS) is 17.6. The Morgan fingerprint density at radius 3 is 2.41 bits per heavy atom. The molecule has 0 aromatic carbocycles. The molecule has 1 N–H and O–H groups in total. The highest BCUT2D eigenvalue weighted by molar-refractivity contribution is 6.36. The second-order valence-electron chi connectivity index (χ2n) is 7.99. The molecular formula is C20H20ClF3N4O4. The zero-order chi connectivity index (χ0) is 23.2. The van der Waals surface area contributed by atoms with Crippen LogP contribution in [-0.2, 0) is 15.8 Å². The number of fused-ring (bicyclic) bond motifs is 1. The van der Waals surface area contributed by atoms with E-state index in [1.807, 2.05) is 0 Å². The minimum Gasteiger partial charge on any atom is -0.387 e. The average Bonchev–Trinajstić information content (AvgIpc) is 3.57. The van der Waals surface area contributed by atoms with E-state index in [2.05, 4.69) is 5.10 Å². The van der Waals surface area contributed by atoms with Crippen molar-refractivity contribution in [1.29, 1.82) is 0 Å².